The molecule has 9 heteroatoms. The summed E-state index contributed by atoms with van der Waals surface area (Å²) in [5.74, 6) is -0.677. The van der Waals surface area contributed by atoms with Crippen LogP contribution in [0.5, 0.6) is 0 Å². The first-order chi connectivity index (χ1) is 14.5. The average molecular weight is 460 g/mol. The van der Waals surface area contributed by atoms with Gasteiger partial charge in [-0.2, -0.15) is 26.3 Å². The Hall–Kier alpha value is -2.42. The van der Waals surface area contributed by atoms with E-state index in [2.05, 4.69) is 0 Å². The lowest BCUT2D eigenvalue weighted by atomic mass is 9.82. The zero-order chi connectivity index (χ0) is 22.8. The Morgan fingerprint density at radius 3 is 2.13 bits per heavy atom. The minimum Gasteiger partial charge on any atom is -0.512 e. The molecule has 0 saturated heterocycles. The van der Waals surface area contributed by atoms with Crippen LogP contribution in [-0.4, -0.2) is 16.6 Å². The predicted molar refractivity (Wildman–Crippen MR) is 106 cm³/mol. The van der Waals surface area contributed by atoms with Crippen LogP contribution >= 0.6 is 11.8 Å². The number of halogens is 6. The molecule has 0 heterocycles. The van der Waals surface area contributed by atoms with Crippen molar-refractivity contribution in [1.82, 2.24) is 0 Å². The van der Waals surface area contributed by atoms with Crippen LogP contribution in [0.1, 0.15) is 36.0 Å². The smallest absolute Gasteiger partial charge is 0.417 e. The Kier molecular flexibility index (Phi) is 6.73. The van der Waals surface area contributed by atoms with E-state index in [9.17, 15) is 36.2 Å². The monoisotopic (exact) mass is 460 g/mol. The zero-order valence-corrected chi connectivity index (χ0v) is 16.9. The number of allylic oxidation sites excluding steroid dienone is 2. The number of aliphatic hydroxyl groups excluding tert-OH is 1. The van der Waals surface area contributed by atoms with Gasteiger partial charge in [0, 0.05) is 23.3 Å². The maximum atomic E-state index is 13.3. The molecule has 1 atom stereocenters. The third-order valence-electron chi connectivity index (χ3n) is 5.00. The minimum atomic E-state index is -4.65. The first-order valence-electron chi connectivity index (χ1n) is 9.38. The van der Waals surface area contributed by atoms with Crippen molar-refractivity contribution in [2.75, 3.05) is 5.75 Å². The van der Waals surface area contributed by atoms with Gasteiger partial charge in [0.1, 0.15) is 5.76 Å². The molecule has 0 radical (unpaired) electrons. The minimum absolute atomic E-state index is 0.000837. The van der Waals surface area contributed by atoms with E-state index in [0.29, 0.717) is 17.1 Å². The Morgan fingerprint density at radius 1 is 0.903 bits per heavy atom. The number of rotatable bonds is 5. The van der Waals surface area contributed by atoms with Crippen LogP contribution in [0, 0.1) is 5.92 Å². The summed E-state index contributed by atoms with van der Waals surface area (Å²) in [6.07, 6.45) is -8.51. The second kappa shape index (κ2) is 8.98. The van der Waals surface area contributed by atoms with E-state index >= 15 is 0 Å². The molecule has 0 amide bonds. The summed E-state index contributed by atoms with van der Waals surface area (Å²) in [6, 6.07) is 9.36. The molecule has 166 valence electrons. The number of ketones is 1. The molecule has 0 aliphatic heterocycles. The number of carbonyl (C=O) groups excluding carboxylic acids is 1. The van der Waals surface area contributed by atoms with Crippen LogP contribution < -0.4 is 0 Å². The lowest BCUT2D eigenvalue weighted by Gasteiger charge is -2.25. The third-order valence-corrected chi connectivity index (χ3v) is 6.05. The maximum absolute atomic E-state index is 13.3. The van der Waals surface area contributed by atoms with Gasteiger partial charge < -0.3 is 5.11 Å². The van der Waals surface area contributed by atoms with Gasteiger partial charge in [0.15, 0.2) is 5.78 Å². The molecule has 1 aliphatic rings. The van der Waals surface area contributed by atoms with Crippen molar-refractivity contribution in [2.24, 2.45) is 5.92 Å². The number of benzene rings is 2. The number of Topliss-reactive ketones (excluding diaryl/α,β-unsaturated/α-hetero) is 1. The highest BCUT2D eigenvalue weighted by atomic mass is 32.2. The van der Waals surface area contributed by atoms with E-state index in [1.54, 1.807) is 0 Å². The highest BCUT2D eigenvalue weighted by molar-refractivity contribution is 7.99. The highest BCUT2D eigenvalue weighted by Gasteiger charge is 2.37. The average Bonchev–Trinajstić information content (AvgIpc) is 2.67. The van der Waals surface area contributed by atoms with Crippen LogP contribution in [0.15, 0.2) is 59.2 Å². The molecule has 0 saturated carbocycles. The molecule has 1 aliphatic carbocycles. The molecule has 3 rings (SSSR count). The maximum Gasteiger partial charge on any atom is 0.417 e. The van der Waals surface area contributed by atoms with Gasteiger partial charge in [-0.25, -0.2) is 0 Å². The number of aliphatic hydroxyl groups is 1. The first-order valence-corrected chi connectivity index (χ1v) is 10.4. The van der Waals surface area contributed by atoms with Crippen molar-refractivity contribution >= 4 is 23.1 Å². The molecule has 2 aromatic carbocycles. The predicted octanol–water partition coefficient (Wildman–Crippen LogP) is 7.15. The summed E-state index contributed by atoms with van der Waals surface area (Å²) in [6.45, 7) is 0. The zero-order valence-electron chi connectivity index (χ0n) is 16.1. The summed E-state index contributed by atoms with van der Waals surface area (Å²) in [5.41, 5.74) is -2.33. The van der Waals surface area contributed by atoms with Crippen molar-refractivity contribution in [1.29, 1.82) is 0 Å². The van der Waals surface area contributed by atoms with Gasteiger partial charge in [-0.3, -0.25) is 4.79 Å². The molecule has 0 aromatic heterocycles. The fourth-order valence-electron chi connectivity index (χ4n) is 3.51. The van der Waals surface area contributed by atoms with Crippen molar-refractivity contribution in [3.63, 3.8) is 0 Å². The van der Waals surface area contributed by atoms with Crippen molar-refractivity contribution in [2.45, 2.75) is 36.5 Å². The Morgan fingerprint density at radius 2 is 1.55 bits per heavy atom. The number of alkyl halides is 6. The molecule has 31 heavy (non-hydrogen) atoms. The molecule has 0 fully saturated rings. The van der Waals surface area contributed by atoms with E-state index in [4.69, 9.17) is 0 Å². The van der Waals surface area contributed by atoms with Crippen LogP contribution in [0.25, 0.3) is 5.57 Å². The van der Waals surface area contributed by atoms with Crippen LogP contribution in [-0.2, 0) is 17.1 Å². The normalized spacial score (nSPS) is 17.9. The van der Waals surface area contributed by atoms with Gasteiger partial charge in [-0.1, -0.05) is 18.2 Å². The molecule has 2 aromatic rings. The summed E-state index contributed by atoms with van der Waals surface area (Å²) in [4.78, 5) is 13.2. The largest absolute Gasteiger partial charge is 0.512 e. The lowest BCUT2D eigenvalue weighted by molar-refractivity contribution is -0.138. The third kappa shape index (κ3) is 5.64. The van der Waals surface area contributed by atoms with Crippen LogP contribution in [0.3, 0.4) is 0 Å². The van der Waals surface area contributed by atoms with E-state index in [0.717, 1.165) is 18.2 Å². The summed E-state index contributed by atoms with van der Waals surface area (Å²) >= 11 is 1.31. The number of hydrogen-bond acceptors (Lipinski definition) is 3. The van der Waals surface area contributed by atoms with Gasteiger partial charge in [-0.15, -0.1) is 11.8 Å². The van der Waals surface area contributed by atoms with Crippen molar-refractivity contribution in [3.05, 3.63) is 71.0 Å². The molecule has 2 nitrogen and oxygen atoms in total. The van der Waals surface area contributed by atoms with Gasteiger partial charge >= 0.3 is 12.4 Å². The van der Waals surface area contributed by atoms with Crippen molar-refractivity contribution in [3.8, 4) is 0 Å². The second-order valence-corrected chi connectivity index (χ2v) is 8.39. The Bertz CT molecular complexity index is 977. The quantitative estimate of drug-likeness (QED) is 0.380. The number of hydrogen-bond donors (Lipinski definition) is 1. The van der Waals surface area contributed by atoms with Crippen molar-refractivity contribution < 1.29 is 36.2 Å². The molecular weight excluding hydrogens is 442 g/mol. The van der Waals surface area contributed by atoms with Gasteiger partial charge in [0.25, 0.3) is 0 Å². The van der Waals surface area contributed by atoms with E-state index < -0.39 is 29.3 Å². The van der Waals surface area contributed by atoms with Crippen LogP contribution in [0.4, 0.5) is 26.3 Å². The topological polar surface area (TPSA) is 37.3 Å². The van der Waals surface area contributed by atoms with E-state index in [1.807, 2.05) is 0 Å². The van der Waals surface area contributed by atoms with Gasteiger partial charge in [0.2, 0.25) is 0 Å². The Labute approximate surface area is 179 Å². The van der Waals surface area contributed by atoms with Gasteiger partial charge in [-0.05, 0) is 48.4 Å². The molecule has 1 unspecified atom stereocenters. The fraction of sp³-hybridized carbons (Fsp3) is 0.318. The molecular formula is C22H18F6O2S. The summed E-state index contributed by atoms with van der Waals surface area (Å²) in [5, 5.41) is 10.4. The van der Waals surface area contributed by atoms with Crippen LogP contribution in [0.2, 0.25) is 0 Å². The Balaban J connectivity index is 1.65. The fourth-order valence-corrected chi connectivity index (χ4v) is 4.53. The van der Waals surface area contributed by atoms with Gasteiger partial charge in [0.05, 0.1) is 16.7 Å². The number of thioether (sulfide) groups is 1. The first kappa shape index (κ1) is 23.2. The number of carbonyl (C=O) groups is 1. The summed E-state index contributed by atoms with van der Waals surface area (Å²) < 4.78 is 77.6. The SMILES string of the molecule is O=C1CC(CCSc2ccc(C(F)(F)F)cc2)CC(O)=C1c1ccccc1C(F)(F)F. The second-order valence-electron chi connectivity index (χ2n) is 7.22. The van der Waals surface area contributed by atoms with E-state index in [1.165, 1.54) is 42.1 Å². The lowest BCUT2D eigenvalue weighted by Crippen LogP contribution is -2.21. The highest BCUT2D eigenvalue weighted by Crippen LogP contribution is 2.40. The summed E-state index contributed by atoms with van der Waals surface area (Å²) in [7, 11) is 0. The standard InChI is InChI=1S/C22H18F6O2S/c23-21(24,25)14-5-7-15(8-6-14)31-10-9-13-11-18(29)20(19(30)12-13)16-3-1-2-4-17(16)22(26,27)28/h1-8,13,29H,9-12H2. The molecule has 0 bridgehead atoms. The van der Waals surface area contributed by atoms with E-state index in [-0.39, 0.29) is 35.7 Å². The molecule has 1 N–H and O–H groups in total. The molecule has 0 spiro atoms.